The summed E-state index contributed by atoms with van der Waals surface area (Å²) in [5.74, 6) is -1.22. The monoisotopic (exact) mass is 577 g/mol. The van der Waals surface area contributed by atoms with Gasteiger partial charge in [0.25, 0.3) is 0 Å². The highest BCUT2D eigenvalue weighted by Crippen LogP contribution is 2.21. The summed E-state index contributed by atoms with van der Waals surface area (Å²) in [5.41, 5.74) is 4.51. The summed E-state index contributed by atoms with van der Waals surface area (Å²) in [7, 11) is 0. The zero-order valence-electron chi connectivity index (χ0n) is 23.8. The molecule has 3 aromatic carbocycles. The number of para-hydroxylation sites is 2. The predicted octanol–water partition coefficient (Wildman–Crippen LogP) is 3.90. The number of rotatable bonds is 11. The van der Waals surface area contributed by atoms with Crippen LogP contribution in [0.5, 0.6) is 0 Å². The van der Waals surface area contributed by atoms with E-state index < -0.39 is 24.0 Å². The van der Waals surface area contributed by atoms with Crippen molar-refractivity contribution in [3.63, 3.8) is 0 Å². The maximum Gasteiger partial charge on any atom is 0.329 e. The number of hydrogen-bond acceptors (Lipinski definition) is 5. The second kappa shape index (κ2) is 13.0. The number of fused-ring (bicyclic) bond motifs is 2. The van der Waals surface area contributed by atoms with Gasteiger partial charge in [-0.05, 0) is 48.2 Å². The maximum atomic E-state index is 14.0. The molecule has 3 atom stereocenters. The molecule has 2 amide bonds. The van der Waals surface area contributed by atoms with E-state index in [1.807, 2.05) is 91.3 Å². The first kappa shape index (κ1) is 28.2. The highest BCUT2D eigenvalue weighted by molar-refractivity contribution is 5.94. The van der Waals surface area contributed by atoms with Crippen molar-refractivity contribution in [1.29, 1.82) is 0 Å². The van der Waals surface area contributed by atoms with Gasteiger partial charge in [-0.2, -0.15) is 0 Å². The van der Waals surface area contributed by atoms with Gasteiger partial charge in [-0.3, -0.25) is 9.59 Å². The lowest BCUT2D eigenvalue weighted by atomic mass is 10.0. The minimum absolute atomic E-state index is 0.0861. The molecule has 1 saturated heterocycles. The third kappa shape index (κ3) is 6.62. The summed E-state index contributed by atoms with van der Waals surface area (Å²) in [6, 6.07) is 22.8. The van der Waals surface area contributed by atoms with Crippen molar-refractivity contribution < 1.29 is 19.1 Å². The van der Waals surface area contributed by atoms with Crippen molar-refractivity contribution in [2.45, 2.75) is 50.4 Å². The van der Waals surface area contributed by atoms with Gasteiger partial charge in [0.2, 0.25) is 11.8 Å². The average Bonchev–Trinajstić information content (AvgIpc) is 3.81. The highest BCUT2D eigenvalue weighted by atomic mass is 16.5. The first-order valence-electron chi connectivity index (χ1n) is 14.7. The Bertz CT molecular complexity index is 1720. The largest absolute Gasteiger partial charge is 0.459 e. The summed E-state index contributed by atoms with van der Waals surface area (Å²) in [5, 5.41) is 11.1. The van der Waals surface area contributed by atoms with Crippen LogP contribution in [0.4, 0.5) is 0 Å². The minimum atomic E-state index is -0.970. The van der Waals surface area contributed by atoms with Gasteiger partial charge in [0.15, 0.2) is 0 Å². The Balaban J connectivity index is 1.25. The van der Waals surface area contributed by atoms with Crippen LogP contribution in [-0.2, 0) is 38.6 Å². The first-order valence-corrected chi connectivity index (χ1v) is 14.7. The van der Waals surface area contributed by atoms with Crippen LogP contribution in [-0.4, -0.2) is 52.4 Å². The molecule has 0 saturated carbocycles. The molecule has 6 rings (SSSR count). The number of benzene rings is 3. The molecular weight excluding hydrogens is 542 g/mol. The van der Waals surface area contributed by atoms with Crippen LogP contribution in [0.2, 0.25) is 0 Å². The number of carbonyl (C=O) groups excluding carboxylic acids is 3. The van der Waals surface area contributed by atoms with E-state index in [1.54, 1.807) is 0 Å². The third-order valence-electron chi connectivity index (χ3n) is 8.03. The number of aromatic amines is 2. The molecule has 0 unspecified atom stereocenters. The normalized spacial score (nSPS) is 16.1. The molecule has 3 heterocycles. The summed E-state index contributed by atoms with van der Waals surface area (Å²) in [6.45, 7) is 0.847. The quantitative estimate of drug-likeness (QED) is 0.152. The molecule has 1 aliphatic heterocycles. The van der Waals surface area contributed by atoms with Crippen molar-refractivity contribution in [1.82, 2.24) is 25.9 Å². The molecule has 5 N–H and O–H groups in total. The van der Waals surface area contributed by atoms with E-state index in [0.29, 0.717) is 6.42 Å². The molecule has 0 aliphatic carbocycles. The number of ether oxygens (including phenoxy) is 1. The smallest absolute Gasteiger partial charge is 0.329 e. The Labute approximate surface area is 249 Å². The van der Waals surface area contributed by atoms with Crippen LogP contribution < -0.4 is 16.0 Å². The van der Waals surface area contributed by atoms with E-state index in [0.717, 1.165) is 51.5 Å². The van der Waals surface area contributed by atoms with Gasteiger partial charge in [0, 0.05) is 47.0 Å². The first-order chi connectivity index (χ1) is 21.0. The van der Waals surface area contributed by atoms with Crippen molar-refractivity contribution in [2.24, 2.45) is 0 Å². The zero-order valence-corrected chi connectivity index (χ0v) is 23.8. The molecule has 1 aliphatic rings. The zero-order chi connectivity index (χ0) is 29.6. The second-order valence-electron chi connectivity index (χ2n) is 11.0. The van der Waals surface area contributed by atoms with Crippen molar-refractivity contribution in [2.75, 3.05) is 6.54 Å². The van der Waals surface area contributed by atoms with Crippen molar-refractivity contribution in [3.8, 4) is 0 Å². The summed E-state index contributed by atoms with van der Waals surface area (Å²) in [4.78, 5) is 47.1. The Morgan fingerprint density at radius 3 is 2.00 bits per heavy atom. The summed E-state index contributed by atoms with van der Waals surface area (Å²) >= 11 is 0. The molecule has 0 bridgehead atoms. The van der Waals surface area contributed by atoms with Crippen molar-refractivity contribution in [3.05, 3.63) is 108 Å². The predicted molar refractivity (Wildman–Crippen MR) is 165 cm³/mol. The lowest BCUT2D eigenvalue weighted by molar-refractivity contribution is -0.149. The third-order valence-corrected chi connectivity index (χ3v) is 8.03. The fourth-order valence-electron chi connectivity index (χ4n) is 5.73. The Kier molecular flexibility index (Phi) is 8.51. The highest BCUT2D eigenvalue weighted by Gasteiger charge is 2.31. The summed E-state index contributed by atoms with van der Waals surface area (Å²) in [6.07, 6.45) is 5.81. The van der Waals surface area contributed by atoms with Crippen LogP contribution in [0.25, 0.3) is 21.8 Å². The molecule has 0 radical (unpaired) electrons. The molecule has 9 heteroatoms. The Hall–Kier alpha value is -4.89. The van der Waals surface area contributed by atoms with E-state index in [9.17, 15) is 14.4 Å². The number of carbonyl (C=O) groups is 3. The van der Waals surface area contributed by atoms with E-state index in [1.165, 1.54) is 0 Å². The minimum Gasteiger partial charge on any atom is -0.459 e. The van der Waals surface area contributed by atoms with Gasteiger partial charge < -0.3 is 30.7 Å². The number of H-pyrrole nitrogens is 2. The lowest BCUT2D eigenvalue weighted by Gasteiger charge is -2.24. The molecule has 220 valence electrons. The number of esters is 1. The number of aromatic nitrogens is 2. The van der Waals surface area contributed by atoms with Crippen molar-refractivity contribution >= 4 is 39.6 Å². The van der Waals surface area contributed by atoms with Gasteiger partial charge in [0.1, 0.15) is 18.7 Å². The van der Waals surface area contributed by atoms with Gasteiger partial charge in [-0.25, -0.2) is 4.79 Å². The molecule has 0 spiro atoms. The van der Waals surface area contributed by atoms with Gasteiger partial charge in [-0.1, -0.05) is 66.7 Å². The fourth-order valence-corrected chi connectivity index (χ4v) is 5.73. The number of hydrogen-bond donors (Lipinski definition) is 5. The number of amides is 2. The van der Waals surface area contributed by atoms with Crippen LogP contribution >= 0.6 is 0 Å². The van der Waals surface area contributed by atoms with E-state index in [-0.39, 0.29) is 31.4 Å². The van der Waals surface area contributed by atoms with Gasteiger partial charge in [0.05, 0.1) is 6.04 Å². The number of nitrogens with one attached hydrogen (secondary N) is 5. The maximum absolute atomic E-state index is 14.0. The van der Waals surface area contributed by atoms with Crippen LogP contribution in [0.1, 0.15) is 29.5 Å². The molecule has 9 nitrogen and oxygen atoms in total. The molecule has 43 heavy (non-hydrogen) atoms. The Morgan fingerprint density at radius 2 is 1.37 bits per heavy atom. The van der Waals surface area contributed by atoms with Crippen LogP contribution in [0.3, 0.4) is 0 Å². The molecule has 2 aromatic heterocycles. The average molecular weight is 578 g/mol. The standard InChI is InChI=1S/C34H35N5O4/c40-32(29-15-8-16-35-29)38-30(17-23-19-36-27-13-6-4-11-25(23)27)33(41)39-31(34(42)43-21-22-9-2-1-3-10-22)18-24-20-37-28-14-7-5-12-26(24)28/h1-7,9-14,19-20,29-31,35-37H,8,15-18,21H2,(H,38,40)(H,39,41)/t29-,30-,31-/m0/s1. The van der Waals surface area contributed by atoms with E-state index in [4.69, 9.17) is 4.74 Å². The summed E-state index contributed by atoms with van der Waals surface area (Å²) < 4.78 is 5.69. The second-order valence-corrected chi connectivity index (χ2v) is 11.0. The van der Waals surface area contributed by atoms with Gasteiger partial charge >= 0.3 is 5.97 Å². The van der Waals surface area contributed by atoms with Crippen LogP contribution in [0, 0.1) is 0 Å². The van der Waals surface area contributed by atoms with E-state index in [2.05, 4.69) is 25.9 Å². The molecule has 1 fully saturated rings. The SMILES string of the molecule is O=C(N[C@@H](Cc1c[nH]c2ccccc12)C(=O)N[C@@H](Cc1c[nH]c2ccccc12)C(=O)OCc1ccccc1)[C@@H]1CCCN1. The molecule has 5 aromatic rings. The lowest BCUT2D eigenvalue weighted by Crippen LogP contribution is -2.55. The topological polar surface area (TPSA) is 128 Å². The molecular formula is C34H35N5O4. The van der Waals surface area contributed by atoms with Gasteiger partial charge in [-0.15, -0.1) is 0 Å². The van der Waals surface area contributed by atoms with Crippen LogP contribution in [0.15, 0.2) is 91.3 Å². The Morgan fingerprint density at radius 1 is 0.767 bits per heavy atom. The van der Waals surface area contributed by atoms with E-state index >= 15 is 0 Å². The fraction of sp³-hybridized carbons (Fsp3) is 0.265.